The Hall–Kier alpha value is -0.280. The first kappa shape index (κ1) is 9.81. The SMILES string of the molecule is CC(C)(C)CNc1nc(Cl)cs1. The van der Waals surface area contributed by atoms with Gasteiger partial charge in [-0.25, -0.2) is 4.98 Å². The summed E-state index contributed by atoms with van der Waals surface area (Å²) < 4.78 is 0. The van der Waals surface area contributed by atoms with Crippen LogP contribution < -0.4 is 5.32 Å². The second-order valence-corrected chi connectivity index (χ2v) is 5.13. The van der Waals surface area contributed by atoms with E-state index in [1.54, 1.807) is 0 Å². The van der Waals surface area contributed by atoms with Crippen molar-refractivity contribution in [2.24, 2.45) is 5.41 Å². The Morgan fingerprint density at radius 2 is 2.25 bits per heavy atom. The van der Waals surface area contributed by atoms with Gasteiger partial charge in [0, 0.05) is 11.9 Å². The monoisotopic (exact) mass is 204 g/mol. The molecule has 1 aromatic heterocycles. The molecule has 0 bridgehead atoms. The third kappa shape index (κ3) is 3.41. The molecule has 1 N–H and O–H groups in total. The maximum absolute atomic E-state index is 5.67. The average Bonchev–Trinajstić information content (AvgIpc) is 2.30. The van der Waals surface area contributed by atoms with E-state index in [9.17, 15) is 0 Å². The van der Waals surface area contributed by atoms with Gasteiger partial charge in [0.1, 0.15) is 5.15 Å². The van der Waals surface area contributed by atoms with Crippen molar-refractivity contribution in [3.8, 4) is 0 Å². The number of halogens is 1. The van der Waals surface area contributed by atoms with Crippen molar-refractivity contribution < 1.29 is 0 Å². The second-order valence-electron chi connectivity index (χ2n) is 3.89. The number of aromatic nitrogens is 1. The molecule has 1 aromatic rings. The molecule has 0 radical (unpaired) electrons. The molecular weight excluding hydrogens is 192 g/mol. The van der Waals surface area contributed by atoms with Crippen molar-refractivity contribution in [1.82, 2.24) is 4.98 Å². The molecule has 0 atom stereocenters. The fraction of sp³-hybridized carbons (Fsp3) is 0.625. The van der Waals surface area contributed by atoms with Crippen molar-refractivity contribution in [3.05, 3.63) is 10.5 Å². The number of rotatable bonds is 2. The Bertz CT molecular complexity index is 252. The first-order chi connectivity index (χ1) is 5.47. The van der Waals surface area contributed by atoms with Gasteiger partial charge < -0.3 is 5.32 Å². The fourth-order valence-corrected chi connectivity index (χ4v) is 1.51. The topological polar surface area (TPSA) is 24.9 Å². The summed E-state index contributed by atoms with van der Waals surface area (Å²) in [6.45, 7) is 7.44. The molecule has 1 heterocycles. The van der Waals surface area contributed by atoms with Crippen molar-refractivity contribution >= 4 is 28.1 Å². The van der Waals surface area contributed by atoms with Crippen molar-refractivity contribution in [1.29, 1.82) is 0 Å². The Kier molecular flexibility index (Phi) is 2.96. The number of nitrogens with zero attached hydrogens (tertiary/aromatic N) is 1. The molecule has 0 aromatic carbocycles. The zero-order chi connectivity index (χ0) is 9.19. The van der Waals surface area contributed by atoms with E-state index >= 15 is 0 Å². The molecule has 0 amide bonds. The van der Waals surface area contributed by atoms with Crippen LogP contribution in [0.2, 0.25) is 5.15 Å². The number of hydrogen-bond acceptors (Lipinski definition) is 3. The third-order valence-electron chi connectivity index (χ3n) is 1.25. The second kappa shape index (κ2) is 3.62. The predicted molar refractivity (Wildman–Crippen MR) is 55.1 cm³/mol. The molecule has 68 valence electrons. The highest BCUT2D eigenvalue weighted by molar-refractivity contribution is 7.14. The average molecular weight is 205 g/mol. The van der Waals surface area contributed by atoms with Gasteiger partial charge in [-0.3, -0.25) is 0 Å². The highest BCUT2D eigenvalue weighted by Crippen LogP contribution is 2.21. The third-order valence-corrected chi connectivity index (χ3v) is 2.37. The summed E-state index contributed by atoms with van der Waals surface area (Å²) in [5.41, 5.74) is 0.276. The Labute approximate surface area is 82.0 Å². The minimum Gasteiger partial charge on any atom is -0.361 e. The van der Waals surface area contributed by atoms with Crippen LogP contribution in [0.5, 0.6) is 0 Å². The summed E-state index contributed by atoms with van der Waals surface area (Å²) >= 11 is 7.21. The number of nitrogens with one attached hydrogen (secondary N) is 1. The lowest BCUT2D eigenvalue weighted by Gasteiger charge is -2.17. The lowest BCUT2D eigenvalue weighted by Crippen LogP contribution is -2.18. The summed E-state index contributed by atoms with van der Waals surface area (Å²) in [5, 5.41) is 6.52. The lowest BCUT2D eigenvalue weighted by atomic mass is 9.97. The first-order valence-electron chi connectivity index (χ1n) is 3.82. The van der Waals surface area contributed by atoms with Crippen LogP contribution in [0.25, 0.3) is 0 Å². The van der Waals surface area contributed by atoms with Crippen LogP contribution in [0.4, 0.5) is 5.13 Å². The molecule has 0 saturated carbocycles. The summed E-state index contributed by atoms with van der Waals surface area (Å²) in [6, 6.07) is 0. The summed E-state index contributed by atoms with van der Waals surface area (Å²) in [5.74, 6) is 0. The molecule has 1 rings (SSSR count). The minimum atomic E-state index is 0.276. The molecule has 0 aliphatic heterocycles. The van der Waals surface area contributed by atoms with E-state index in [2.05, 4.69) is 31.1 Å². The number of hydrogen-bond donors (Lipinski definition) is 1. The van der Waals surface area contributed by atoms with Gasteiger partial charge in [-0.05, 0) is 5.41 Å². The molecule has 0 saturated heterocycles. The summed E-state index contributed by atoms with van der Waals surface area (Å²) in [7, 11) is 0. The normalized spacial score (nSPS) is 11.7. The Balaban J connectivity index is 2.44. The fourth-order valence-electron chi connectivity index (χ4n) is 0.676. The molecule has 0 fully saturated rings. The van der Waals surface area contributed by atoms with Crippen LogP contribution in [-0.4, -0.2) is 11.5 Å². The van der Waals surface area contributed by atoms with Crippen LogP contribution in [0.3, 0.4) is 0 Å². The van der Waals surface area contributed by atoms with Crippen LogP contribution in [0.15, 0.2) is 5.38 Å². The van der Waals surface area contributed by atoms with E-state index in [4.69, 9.17) is 11.6 Å². The summed E-state index contributed by atoms with van der Waals surface area (Å²) in [6.07, 6.45) is 0. The zero-order valence-electron chi connectivity index (χ0n) is 7.52. The predicted octanol–water partition coefficient (Wildman–Crippen LogP) is 3.25. The Morgan fingerprint density at radius 3 is 2.67 bits per heavy atom. The zero-order valence-corrected chi connectivity index (χ0v) is 9.09. The molecule has 12 heavy (non-hydrogen) atoms. The smallest absolute Gasteiger partial charge is 0.184 e. The van der Waals surface area contributed by atoms with Gasteiger partial charge in [0.15, 0.2) is 5.13 Å². The van der Waals surface area contributed by atoms with Gasteiger partial charge in [0.05, 0.1) is 0 Å². The van der Waals surface area contributed by atoms with Crippen molar-refractivity contribution in [2.75, 3.05) is 11.9 Å². The largest absolute Gasteiger partial charge is 0.361 e. The molecule has 0 aliphatic rings. The van der Waals surface area contributed by atoms with E-state index in [1.807, 2.05) is 5.38 Å². The molecule has 0 spiro atoms. The van der Waals surface area contributed by atoms with Gasteiger partial charge in [0.25, 0.3) is 0 Å². The van der Waals surface area contributed by atoms with E-state index in [0.717, 1.165) is 11.7 Å². The molecule has 4 heteroatoms. The van der Waals surface area contributed by atoms with Crippen LogP contribution in [-0.2, 0) is 0 Å². The highest BCUT2D eigenvalue weighted by atomic mass is 35.5. The summed E-state index contributed by atoms with van der Waals surface area (Å²) in [4.78, 5) is 4.09. The van der Waals surface area contributed by atoms with Crippen molar-refractivity contribution in [2.45, 2.75) is 20.8 Å². The van der Waals surface area contributed by atoms with E-state index in [-0.39, 0.29) is 5.41 Å². The maximum atomic E-state index is 5.67. The molecular formula is C8H13ClN2S. The van der Waals surface area contributed by atoms with Gasteiger partial charge in [0.2, 0.25) is 0 Å². The molecule has 0 aliphatic carbocycles. The van der Waals surface area contributed by atoms with Crippen LogP contribution >= 0.6 is 22.9 Å². The minimum absolute atomic E-state index is 0.276. The molecule has 2 nitrogen and oxygen atoms in total. The molecule has 0 unspecified atom stereocenters. The van der Waals surface area contributed by atoms with Crippen LogP contribution in [0, 0.1) is 5.41 Å². The first-order valence-corrected chi connectivity index (χ1v) is 5.08. The maximum Gasteiger partial charge on any atom is 0.184 e. The van der Waals surface area contributed by atoms with Crippen molar-refractivity contribution in [3.63, 3.8) is 0 Å². The quantitative estimate of drug-likeness (QED) is 0.800. The number of thiazole rings is 1. The van der Waals surface area contributed by atoms with Gasteiger partial charge >= 0.3 is 0 Å². The van der Waals surface area contributed by atoms with Gasteiger partial charge in [-0.2, -0.15) is 0 Å². The highest BCUT2D eigenvalue weighted by Gasteiger charge is 2.10. The van der Waals surface area contributed by atoms with E-state index in [0.29, 0.717) is 5.15 Å². The standard InChI is InChI=1S/C8H13ClN2S/c1-8(2,3)5-10-7-11-6(9)4-12-7/h4H,5H2,1-3H3,(H,10,11). The lowest BCUT2D eigenvalue weighted by molar-refractivity contribution is 0.443. The number of anilines is 1. The van der Waals surface area contributed by atoms with E-state index < -0.39 is 0 Å². The van der Waals surface area contributed by atoms with E-state index in [1.165, 1.54) is 11.3 Å². The van der Waals surface area contributed by atoms with Gasteiger partial charge in [-0.15, -0.1) is 11.3 Å². The Morgan fingerprint density at radius 1 is 1.58 bits per heavy atom. The van der Waals surface area contributed by atoms with Crippen LogP contribution in [0.1, 0.15) is 20.8 Å². The van der Waals surface area contributed by atoms with Gasteiger partial charge in [-0.1, -0.05) is 32.4 Å².